The second-order valence-corrected chi connectivity index (χ2v) is 8.69. The van der Waals surface area contributed by atoms with Gasteiger partial charge in [0.1, 0.15) is 12.3 Å². The van der Waals surface area contributed by atoms with E-state index < -0.39 is 11.9 Å². The first-order chi connectivity index (χ1) is 16.7. The van der Waals surface area contributed by atoms with E-state index in [9.17, 15) is 14.4 Å². The molecule has 0 bridgehead atoms. The molecule has 2 aromatic carbocycles. The Morgan fingerprint density at radius 1 is 1.09 bits per heavy atom. The Labute approximate surface area is 210 Å². The molecule has 0 spiro atoms. The maximum absolute atomic E-state index is 12.7. The van der Waals surface area contributed by atoms with Crippen LogP contribution in [-0.4, -0.2) is 40.4 Å². The fourth-order valence-electron chi connectivity index (χ4n) is 3.18. The Bertz CT molecular complexity index is 1230. The second-order valence-electron chi connectivity index (χ2n) is 7.50. The summed E-state index contributed by atoms with van der Waals surface area (Å²) in [6.45, 7) is -0.158. The van der Waals surface area contributed by atoms with Gasteiger partial charge in [-0.25, -0.2) is 9.79 Å². The minimum Gasteiger partial charge on any atom is -0.480 e. The summed E-state index contributed by atoms with van der Waals surface area (Å²) in [4.78, 5) is 41.5. The van der Waals surface area contributed by atoms with E-state index in [2.05, 4.69) is 4.99 Å². The van der Waals surface area contributed by atoms with E-state index in [1.165, 1.54) is 34.4 Å². The minimum atomic E-state index is -1.08. The Hall–Kier alpha value is -3.89. The van der Waals surface area contributed by atoms with Gasteiger partial charge in [0.15, 0.2) is 5.96 Å². The molecule has 3 rings (SSSR count). The molecule has 0 saturated carbocycles. The van der Waals surface area contributed by atoms with Crippen LogP contribution in [0.15, 0.2) is 64.3 Å². The van der Waals surface area contributed by atoms with Gasteiger partial charge in [0.05, 0.1) is 11.3 Å². The molecule has 1 amide bonds. The molecule has 0 aliphatic heterocycles. The van der Waals surface area contributed by atoms with Crippen LogP contribution in [0.25, 0.3) is 0 Å². The van der Waals surface area contributed by atoms with Crippen molar-refractivity contribution in [3.63, 3.8) is 0 Å². The molecule has 5 N–H and O–H groups in total. The van der Waals surface area contributed by atoms with E-state index in [-0.39, 0.29) is 37.1 Å². The van der Waals surface area contributed by atoms with Gasteiger partial charge in [0, 0.05) is 18.0 Å². The monoisotopic (exact) mass is 514 g/mol. The molecule has 0 unspecified atom stereocenters. The van der Waals surface area contributed by atoms with Crippen LogP contribution in [-0.2, 0) is 22.6 Å². The van der Waals surface area contributed by atoms with Crippen molar-refractivity contribution >= 4 is 52.4 Å². The van der Waals surface area contributed by atoms with E-state index in [1.54, 1.807) is 24.3 Å². The number of guanidine groups is 1. The van der Waals surface area contributed by atoms with Crippen molar-refractivity contribution in [1.29, 1.82) is 0 Å². The number of aliphatic carboxylic acids is 1. The summed E-state index contributed by atoms with van der Waals surface area (Å²) in [5.41, 5.74) is 13.0. The summed E-state index contributed by atoms with van der Waals surface area (Å²) in [6.07, 6.45) is 0.385. The fourth-order valence-corrected chi connectivity index (χ4v) is 4.10. The largest absolute Gasteiger partial charge is 0.480 e. The number of amides is 1. The summed E-state index contributed by atoms with van der Waals surface area (Å²) in [5.74, 6) is -1.81. The van der Waals surface area contributed by atoms with Gasteiger partial charge in [-0.05, 0) is 70.8 Å². The number of esters is 1. The van der Waals surface area contributed by atoms with Crippen LogP contribution in [0, 0.1) is 0 Å². The van der Waals surface area contributed by atoms with Crippen LogP contribution in [0.1, 0.15) is 27.9 Å². The van der Waals surface area contributed by atoms with Crippen molar-refractivity contribution in [2.24, 2.45) is 16.5 Å². The third kappa shape index (κ3) is 7.83. The summed E-state index contributed by atoms with van der Waals surface area (Å²) in [7, 11) is 0. The number of ether oxygens (including phenoxy) is 1. The number of carboxylic acid groups (broad SMARTS) is 1. The number of carbonyl (C=O) groups excluding carboxylic acids is 2. The molecule has 0 fully saturated rings. The first-order valence-corrected chi connectivity index (χ1v) is 11.7. The number of thiophene rings is 1. The third-order valence-corrected chi connectivity index (χ3v) is 5.92. The van der Waals surface area contributed by atoms with Gasteiger partial charge in [-0.1, -0.05) is 17.7 Å². The quantitative estimate of drug-likeness (QED) is 0.162. The number of carbonyl (C=O) groups is 3. The molecule has 0 aliphatic rings. The molecule has 0 atom stereocenters. The van der Waals surface area contributed by atoms with Gasteiger partial charge in [-0.15, -0.1) is 0 Å². The van der Waals surface area contributed by atoms with E-state index in [1.807, 2.05) is 16.8 Å². The van der Waals surface area contributed by atoms with Crippen LogP contribution in [0.3, 0.4) is 0 Å². The first kappa shape index (κ1) is 25.7. The lowest BCUT2D eigenvalue weighted by Gasteiger charge is -2.20. The van der Waals surface area contributed by atoms with Gasteiger partial charge in [0.2, 0.25) is 5.91 Å². The van der Waals surface area contributed by atoms with Gasteiger partial charge in [0.25, 0.3) is 0 Å². The van der Waals surface area contributed by atoms with Crippen molar-refractivity contribution in [3.8, 4) is 5.75 Å². The van der Waals surface area contributed by atoms with Crippen LogP contribution < -0.4 is 16.2 Å². The Morgan fingerprint density at radius 3 is 2.43 bits per heavy atom. The summed E-state index contributed by atoms with van der Waals surface area (Å²) in [6, 6.07) is 12.8. The first-order valence-electron chi connectivity index (χ1n) is 10.4. The van der Waals surface area contributed by atoms with Gasteiger partial charge < -0.3 is 26.2 Å². The lowest BCUT2D eigenvalue weighted by atomic mass is 10.1. The SMILES string of the molecule is NC(N)=Nc1ccc(C(=O)Oc2ccc(CCC(=O)N(CC(=O)O)Cc3ccsc3)c(Cl)c2)cc1. The van der Waals surface area contributed by atoms with Gasteiger partial charge in [-0.2, -0.15) is 11.3 Å². The van der Waals surface area contributed by atoms with E-state index in [0.717, 1.165) is 5.56 Å². The topological polar surface area (TPSA) is 148 Å². The number of halogens is 1. The highest BCUT2D eigenvalue weighted by Gasteiger charge is 2.18. The fraction of sp³-hybridized carbons (Fsp3) is 0.167. The zero-order chi connectivity index (χ0) is 25.4. The van der Waals surface area contributed by atoms with E-state index in [0.29, 0.717) is 28.3 Å². The number of aliphatic imine (C=N–C) groups is 1. The standard InChI is InChI=1S/C24H23ClN4O5S/c25-20-11-19(34-23(33)17-1-5-18(6-2-17)28-24(26)27)7-3-16(20)4-8-21(30)29(13-22(31)32)12-15-9-10-35-14-15/h1-3,5-7,9-11,14H,4,8,12-13H2,(H,31,32)(H4,26,27,28). The zero-order valence-corrected chi connectivity index (χ0v) is 20.1. The highest BCUT2D eigenvalue weighted by Crippen LogP contribution is 2.25. The van der Waals surface area contributed by atoms with Crippen LogP contribution >= 0.6 is 22.9 Å². The van der Waals surface area contributed by atoms with Gasteiger partial charge in [-0.3, -0.25) is 9.59 Å². The number of nitrogens with two attached hydrogens (primary N) is 2. The van der Waals surface area contributed by atoms with Crippen LogP contribution in [0.4, 0.5) is 5.69 Å². The van der Waals surface area contributed by atoms with Crippen LogP contribution in [0.2, 0.25) is 5.02 Å². The number of benzene rings is 2. The molecule has 0 aliphatic carbocycles. The lowest BCUT2D eigenvalue weighted by molar-refractivity contribution is -0.144. The van der Waals surface area contributed by atoms with E-state index >= 15 is 0 Å². The molecule has 9 nitrogen and oxygen atoms in total. The lowest BCUT2D eigenvalue weighted by Crippen LogP contribution is -2.35. The maximum Gasteiger partial charge on any atom is 0.343 e. The average molecular weight is 515 g/mol. The molecular weight excluding hydrogens is 492 g/mol. The number of carboxylic acids is 1. The predicted octanol–water partition coefficient (Wildman–Crippen LogP) is 3.57. The molecule has 1 aromatic heterocycles. The Balaban J connectivity index is 1.60. The Kier molecular flexibility index (Phi) is 8.82. The predicted molar refractivity (Wildman–Crippen MR) is 134 cm³/mol. The van der Waals surface area contributed by atoms with Crippen molar-refractivity contribution in [2.75, 3.05) is 6.54 Å². The molecule has 35 heavy (non-hydrogen) atoms. The maximum atomic E-state index is 12.7. The minimum absolute atomic E-state index is 0.0818. The van der Waals surface area contributed by atoms with Crippen molar-refractivity contribution in [2.45, 2.75) is 19.4 Å². The summed E-state index contributed by atoms with van der Waals surface area (Å²) in [5, 5.41) is 13.2. The summed E-state index contributed by atoms with van der Waals surface area (Å²) >= 11 is 7.82. The van der Waals surface area contributed by atoms with Crippen molar-refractivity contribution < 1.29 is 24.2 Å². The van der Waals surface area contributed by atoms with Crippen molar-refractivity contribution in [1.82, 2.24) is 4.90 Å². The Morgan fingerprint density at radius 2 is 1.83 bits per heavy atom. The highest BCUT2D eigenvalue weighted by molar-refractivity contribution is 7.07. The number of hydrogen-bond acceptors (Lipinski definition) is 6. The molecule has 1 heterocycles. The summed E-state index contributed by atoms with van der Waals surface area (Å²) < 4.78 is 5.38. The van der Waals surface area contributed by atoms with Crippen molar-refractivity contribution in [3.05, 3.63) is 81.0 Å². The number of aryl methyl sites for hydroxylation is 1. The molecule has 11 heteroatoms. The zero-order valence-electron chi connectivity index (χ0n) is 18.5. The third-order valence-electron chi connectivity index (χ3n) is 4.84. The number of hydrogen-bond donors (Lipinski definition) is 3. The van der Waals surface area contributed by atoms with Gasteiger partial charge >= 0.3 is 11.9 Å². The molecule has 182 valence electrons. The van der Waals surface area contributed by atoms with Crippen LogP contribution in [0.5, 0.6) is 5.75 Å². The smallest absolute Gasteiger partial charge is 0.343 e. The molecule has 0 saturated heterocycles. The second kappa shape index (κ2) is 12.0. The highest BCUT2D eigenvalue weighted by atomic mass is 35.5. The molecule has 3 aromatic rings. The normalized spacial score (nSPS) is 10.4. The molecule has 0 radical (unpaired) electrons. The van der Waals surface area contributed by atoms with E-state index in [4.69, 9.17) is 32.9 Å². The average Bonchev–Trinajstić information content (AvgIpc) is 3.31. The number of nitrogens with zero attached hydrogens (tertiary/aromatic N) is 2. The molecular formula is C24H23ClN4O5S. The number of rotatable bonds is 10.